The molecule has 0 aliphatic carbocycles. The first-order valence-corrected chi connectivity index (χ1v) is 8.04. The number of aromatic nitrogens is 3. The predicted molar refractivity (Wildman–Crippen MR) is 88.0 cm³/mol. The van der Waals surface area contributed by atoms with Crippen molar-refractivity contribution < 1.29 is 0 Å². The van der Waals surface area contributed by atoms with Crippen LogP contribution in [0.4, 0.5) is 5.82 Å². The van der Waals surface area contributed by atoms with Gasteiger partial charge in [-0.15, -0.1) is 11.8 Å². The van der Waals surface area contributed by atoms with Crippen LogP contribution in [0, 0.1) is 22.7 Å². The van der Waals surface area contributed by atoms with Crippen molar-refractivity contribution in [3.63, 3.8) is 0 Å². The molecule has 1 aromatic carbocycles. The Morgan fingerprint density at radius 1 is 1.22 bits per heavy atom. The van der Waals surface area contributed by atoms with E-state index in [2.05, 4.69) is 21.4 Å². The van der Waals surface area contributed by atoms with Gasteiger partial charge in [0.05, 0.1) is 0 Å². The Hall–Kier alpha value is -3.03. The number of hydrogen-bond donors (Lipinski definition) is 1. The highest BCUT2D eigenvalue weighted by molar-refractivity contribution is 7.98. The third kappa shape index (κ3) is 2.70. The van der Waals surface area contributed by atoms with Crippen molar-refractivity contribution in [3.8, 4) is 12.1 Å². The second kappa shape index (κ2) is 6.39. The third-order valence-corrected chi connectivity index (χ3v) is 4.04. The summed E-state index contributed by atoms with van der Waals surface area (Å²) in [5, 5.41) is 22.5. The van der Waals surface area contributed by atoms with E-state index in [1.165, 1.54) is 18.1 Å². The van der Waals surface area contributed by atoms with Crippen LogP contribution in [0.25, 0.3) is 5.65 Å². The number of anilines is 1. The summed E-state index contributed by atoms with van der Waals surface area (Å²) in [6.07, 6.45) is 3.36. The van der Waals surface area contributed by atoms with Crippen LogP contribution in [-0.4, -0.2) is 20.6 Å². The van der Waals surface area contributed by atoms with E-state index in [0.29, 0.717) is 28.6 Å². The lowest BCUT2D eigenvalue weighted by Crippen LogP contribution is -2.08. The van der Waals surface area contributed by atoms with Gasteiger partial charge in [-0.05, 0) is 11.8 Å². The molecule has 23 heavy (non-hydrogen) atoms. The molecule has 0 saturated heterocycles. The highest BCUT2D eigenvalue weighted by atomic mass is 32.2. The number of fused-ring (bicyclic) bond motifs is 1. The first kappa shape index (κ1) is 14.9. The first-order chi connectivity index (χ1) is 11.3. The molecule has 2 heterocycles. The van der Waals surface area contributed by atoms with E-state index in [4.69, 9.17) is 5.26 Å². The number of nitrogens with one attached hydrogen (secondary N) is 1. The average Bonchev–Trinajstić information content (AvgIpc) is 3.02. The van der Waals surface area contributed by atoms with Gasteiger partial charge in [-0.1, -0.05) is 30.3 Å². The van der Waals surface area contributed by atoms with E-state index in [9.17, 15) is 5.26 Å². The summed E-state index contributed by atoms with van der Waals surface area (Å²) in [7, 11) is 0. The van der Waals surface area contributed by atoms with Crippen molar-refractivity contribution >= 4 is 23.2 Å². The van der Waals surface area contributed by atoms with Crippen molar-refractivity contribution in [3.05, 3.63) is 53.5 Å². The van der Waals surface area contributed by atoms with Crippen molar-refractivity contribution in [2.24, 2.45) is 0 Å². The summed E-state index contributed by atoms with van der Waals surface area (Å²) in [6.45, 7) is 0.558. The molecule has 0 spiro atoms. The number of rotatable bonds is 4. The number of benzene rings is 1. The van der Waals surface area contributed by atoms with Gasteiger partial charge >= 0.3 is 0 Å². The zero-order valence-electron chi connectivity index (χ0n) is 12.3. The SMILES string of the molecule is CSc1nc2c(C#N)ncn2c(NCc2ccccc2)c1C#N. The molecule has 0 saturated carbocycles. The van der Waals surface area contributed by atoms with E-state index < -0.39 is 0 Å². The summed E-state index contributed by atoms with van der Waals surface area (Å²) in [6, 6.07) is 14.1. The summed E-state index contributed by atoms with van der Waals surface area (Å²) < 4.78 is 1.65. The quantitative estimate of drug-likeness (QED) is 0.587. The highest BCUT2D eigenvalue weighted by Crippen LogP contribution is 2.27. The smallest absolute Gasteiger partial charge is 0.185 e. The molecule has 2 aromatic heterocycles. The zero-order valence-corrected chi connectivity index (χ0v) is 13.1. The van der Waals surface area contributed by atoms with Crippen LogP contribution in [0.2, 0.25) is 0 Å². The van der Waals surface area contributed by atoms with E-state index in [1.807, 2.05) is 42.7 Å². The lowest BCUT2D eigenvalue weighted by molar-refractivity contribution is 0.995. The minimum atomic E-state index is 0.243. The maximum atomic E-state index is 9.51. The first-order valence-electron chi connectivity index (χ1n) is 6.81. The van der Waals surface area contributed by atoms with Gasteiger partial charge in [0.15, 0.2) is 11.3 Å². The highest BCUT2D eigenvalue weighted by Gasteiger charge is 2.17. The minimum Gasteiger partial charge on any atom is -0.366 e. The van der Waals surface area contributed by atoms with Gasteiger partial charge in [0.2, 0.25) is 0 Å². The van der Waals surface area contributed by atoms with E-state index in [0.717, 1.165) is 5.56 Å². The van der Waals surface area contributed by atoms with E-state index in [1.54, 1.807) is 4.40 Å². The Balaban J connectivity index is 2.11. The van der Waals surface area contributed by atoms with Gasteiger partial charge in [0.25, 0.3) is 0 Å². The molecule has 0 unspecified atom stereocenters. The van der Waals surface area contributed by atoms with Crippen molar-refractivity contribution in [2.75, 3.05) is 11.6 Å². The van der Waals surface area contributed by atoms with Crippen LogP contribution in [0.5, 0.6) is 0 Å². The second-order valence-corrected chi connectivity index (χ2v) is 5.49. The largest absolute Gasteiger partial charge is 0.366 e. The Kier molecular flexibility index (Phi) is 4.13. The molecule has 7 heteroatoms. The molecule has 0 radical (unpaired) electrons. The molecule has 6 nitrogen and oxygen atoms in total. The fourth-order valence-electron chi connectivity index (χ4n) is 2.27. The van der Waals surface area contributed by atoms with Gasteiger partial charge < -0.3 is 5.32 Å². The fraction of sp³-hybridized carbons (Fsp3) is 0.125. The predicted octanol–water partition coefficient (Wildman–Crippen LogP) is 2.81. The molecule has 0 fully saturated rings. The number of imidazole rings is 1. The Bertz CT molecular complexity index is 933. The van der Waals surface area contributed by atoms with Crippen LogP contribution in [-0.2, 0) is 6.54 Å². The molecule has 0 amide bonds. The minimum absolute atomic E-state index is 0.243. The van der Waals surface area contributed by atoms with Gasteiger partial charge in [-0.3, -0.25) is 4.40 Å². The van der Waals surface area contributed by atoms with Crippen LogP contribution in [0.3, 0.4) is 0 Å². The fourth-order valence-corrected chi connectivity index (χ4v) is 2.79. The second-order valence-electron chi connectivity index (χ2n) is 4.69. The maximum Gasteiger partial charge on any atom is 0.185 e. The molecular weight excluding hydrogens is 308 g/mol. The normalized spacial score (nSPS) is 10.2. The van der Waals surface area contributed by atoms with Gasteiger partial charge in [0, 0.05) is 6.54 Å². The Morgan fingerprint density at radius 3 is 2.65 bits per heavy atom. The van der Waals surface area contributed by atoms with Gasteiger partial charge in [-0.2, -0.15) is 10.5 Å². The Morgan fingerprint density at radius 2 is 2.00 bits per heavy atom. The lowest BCUT2D eigenvalue weighted by Gasteiger charge is -2.13. The van der Waals surface area contributed by atoms with Crippen LogP contribution >= 0.6 is 11.8 Å². The van der Waals surface area contributed by atoms with Crippen LogP contribution in [0.1, 0.15) is 16.8 Å². The Labute approximate surface area is 137 Å². The molecule has 0 aliphatic rings. The van der Waals surface area contributed by atoms with Gasteiger partial charge in [-0.25, -0.2) is 9.97 Å². The van der Waals surface area contributed by atoms with Crippen molar-refractivity contribution in [1.29, 1.82) is 10.5 Å². The molecule has 0 atom stereocenters. The monoisotopic (exact) mass is 320 g/mol. The topological polar surface area (TPSA) is 89.8 Å². The van der Waals surface area contributed by atoms with Crippen LogP contribution < -0.4 is 5.32 Å². The zero-order chi connectivity index (χ0) is 16.2. The number of nitrogens with zero attached hydrogens (tertiary/aromatic N) is 5. The number of hydrogen-bond acceptors (Lipinski definition) is 6. The number of thioether (sulfide) groups is 1. The molecule has 112 valence electrons. The van der Waals surface area contributed by atoms with E-state index >= 15 is 0 Å². The molecule has 0 bridgehead atoms. The third-order valence-electron chi connectivity index (χ3n) is 3.36. The summed E-state index contributed by atoms with van der Waals surface area (Å²) >= 11 is 1.37. The molecule has 1 N–H and O–H groups in total. The number of nitriles is 2. The van der Waals surface area contributed by atoms with Crippen molar-refractivity contribution in [1.82, 2.24) is 14.4 Å². The molecule has 0 aliphatic heterocycles. The summed E-state index contributed by atoms with van der Waals surface area (Å²) in [4.78, 5) is 8.45. The molecular formula is C16H12N6S. The molecule has 3 aromatic rings. The summed E-state index contributed by atoms with van der Waals surface area (Å²) in [5.74, 6) is 0.597. The maximum absolute atomic E-state index is 9.51. The molecule has 3 rings (SSSR count). The van der Waals surface area contributed by atoms with Crippen LogP contribution in [0.15, 0.2) is 41.7 Å². The average molecular weight is 320 g/mol. The van der Waals surface area contributed by atoms with Gasteiger partial charge in [0.1, 0.15) is 34.9 Å². The van der Waals surface area contributed by atoms with Crippen molar-refractivity contribution in [2.45, 2.75) is 11.6 Å². The van der Waals surface area contributed by atoms with E-state index in [-0.39, 0.29) is 5.69 Å². The lowest BCUT2D eigenvalue weighted by atomic mass is 10.2. The standard InChI is InChI=1S/C16H12N6S/c1-23-16-12(7-17)14(19-9-11-5-3-2-4-6-11)22-10-20-13(8-18)15(22)21-16/h2-6,10,19H,9H2,1H3. The summed E-state index contributed by atoms with van der Waals surface area (Å²) in [5.41, 5.74) is 2.23.